The number of aliphatic carboxylic acids is 1. The van der Waals surface area contributed by atoms with Crippen LogP contribution in [0.2, 0.25) is 10.0 Å². The van der Waals surface area contributed by atoms with Crippen LogP contribution in [-0.2, 0) is 22.7 Å². The third kappa shape index (κ3) is 3.76. The van der Waals surface area contributed by atoms with Crippen molar-refractivity contribution in [2.45, 2.75) is 26.1 Å². The van der Waals surface area contributed by atoms with Gasteiger partial charge in [-0.3, -0.25) is 14.5 Å². The van der Waals surface area contributed by atoms with Gasteiger partial charge in [0.25, 0.3) is 0 Å². The molecule has 2 aromatic rings. The van der Waals surface area contributed by atoms with Crippen molar-refractivity contribution < 1.29 is 14.7 Å². The van der Waals surface area contributed by atoms with Gasteiger partial charge in [0, 0.05) is 5.69 Å². The lowest BCUT2D eigenvalue weighted by molar-refractivity contribution is -0.145. The fraction of sp³-hybridized carbons (Fsp3) is 0.333. The van der Waals surface area contributed by atoms with Gasteiger partial charge >= 0.3 is 5.97 Å². The van der Waals surface area contributed by atoms with E-state index in [1.54, 1.807) is 28.5 Å². The van der Waals surface area contributed by atoms with E-state index in [0.717, 1.165) is 0 Å². The zero-order chi connectivity index (χ0) is 18.1. The molecule has 2 heterocycles. The summed E-state index contributed by atoms with van der Waals surface area (Å²) in [6.07, 6.45) is 0. The second-order valence-electron chi connectivity index (χ2n) is 5.71. The highest BCUT2D eigenvalue weighted by atomic mass is 35.5. The molecule has 10 heteroatoms. The van der Waals surface area contributed by atoms with E-state index in [0.29, 0.717) is 27.4 Å². The molecule has 1 aliphatic rings. The molecular weight excluding hydrogens is 369 g/mol. The van der Waals surface area contributed by atoms with E-state index in [1.807, 2.05) is 0 Å². The molecule has 0 radical (unpaired) electrons. The highest BCUT2D eigenvalue weighted by molar-refractivity contribution is 6.42. The van der Waals surface area contributed by atoms with Crippen molar-refractivity contribution in [3.8, 4) is 0 Å². The maximum absolute atomic E-state index is 12.3. The minimum atomic E-state index is -0.999. The van der Waals surface area contributed by atoms with E-state index >= 15 is 0 Å². The van der Waals surface area contributed by atoms with E-state index in [2.05, 4.69) is 15.5 Å². The third-order valence-corrected chi connectivity index (χ3v) is 4.73. The van der Waals surface area contributed by atoms with Crippen molar-refractivity contribution in [3.05, 3.63) is 39.9 Å². The molecule has 25 heavy (non-hydrogen) atoms. The summed E-state index contributed by atoms with van der Waals surface area (Å²) in [5.74, 6) is -0.0612. The number of hydrogen-bond donors (Lipinski definition) is 2. The Bertz CT molecular complexity index is 839. The monoisotopic (exact) mass is 383 g/mol. The second-order valence-corrected chi connectivity index (χ2v) is 6.52. The predicted molar refractivity (Wildman–Crippen MR) is 91.7 cm³/mol. The standard InChI is InChI=1S/C15H15Cl2N5O3/c1-8-19-20-13-6-21(12(15(24)25)5-22(8)13)7-14(23)18-9-2-3-10(16)11(17)4-9/h2-4,12H,5-7H2,1H3,(H,18,23)(H,24,25). The topological polar surface area (TPSA) is 100 Å². The summed E-state index contributed by atoms with van der Waals surface area (Å²) >= 11 is 11.8. The number of rotatable bonds is 4. The first-order chi connectivity index (χ1) is 11.8. The third-order valence-electron chi connectivity index (χ3n) is 3.99. The Morgan fingerprint density at radius 1 is 1.32 bits per heavy atom. The minimum Gasteiger partial charge on any atom is -0.480 e. The van der Waals surface area contributed by atoms with Crippen LogP contribution in [0, 0.1) is 6.92 Å². The Morgan fingerprint density at radius 2 is 2.08 bits per heavy atom. The molecule has 0 spiro atoms. The van der Waals surface area contributed by atoms with Gasteiger partial charge in [0.2, 0.25) is 5.91 Å². The van der Waals surface area contributed by atoms with Crippen LogP contribution in [0.3, 0.4) is 0 Å². The number of halogens is 2. The number of nitrogens with one attached hydrogen (secondary N) is 1. The van der Waals surface area contributed by atoms with Gasteiger partial charge in [-0.2, -0.15) is 0 Å². The normalized spacial score (nSPS) is 17.2. The first kappa shape index (κ1) is 17.7. The Kier molecular flexibility index (Phi) is 4.94. The molecule has 0 bridgehead atoms. The molecule has 1 unspecified atom stereocenters. The largest absolute Gasteiger partial charge is 0.480 e. The smallest absolute Gasteiger partial charge is 0.322 e. The molecule has 1 aliphatic heterocycles. The van der Waals surface area contributed by atoms with Crippen molar-refractivity contribution >= 4 is 40.8 Å². The number of benzene rings is 1. The van der Waals surface area contributed by atoms with E-state index in [1.165, 1.54) is 6.07 Å². The molecule has 0 saturated carbocycles. The van der Waals surface area contributed by atoms with E-state index in [9.17, 15) is 14.7 Å². The molecule has 0 fully saturated rings. The molecule has 0 aliphatic carbocycles. The second kappa shape index (κ2) is 6.99. The summed E-state index contributed by atoms with van der Waals surface area (Å²) in [5.41, 5.74) is 0.488. The van der Waals surface area contributed by atoms with Gasteiger partial charge < -0.3 is 15.0 Å². The number of carbonyl (C=O) groups is 2. The fourth-order valence-electron chi connectivity index (χ4n) is 2.72. The molecule has 1 aromatic carbocycles. The number of nitrogens with zero attached hydrogens (tertiary/aromatic N) is 4. The first-order valence-corrected chi connectivity index (χ1v) is 8.21. The zero-order valence-electron chi connectivity index (χ0n) is 13.2. The Hall–Kier alpha value is -2.16. The molecule has 1 atom stereocenters. The number of carbonyl (C=O) groups excluding carboxylic acids is 1. The summed E-state index contributed by atoms with van der Waals surface area (Å²) in [6.45, 7) is 2.10. The molecule has 3 rings (SSSR count). The van der Waals surface area contributed by atoms with Crippen LogP contribution in [0.5, 0.6) is 0 Å². The number of fused-ring (bicyclic) bond motifs is 1. The van der Waals surface area contributed by atoms with Crippen molar-refractivity contribution in [1.82, 2.24) is 19.7 Å². The van der Waals surface area contributed by atoms with Crippen molar-refractivity contribution in [3.63, 3.8) is 0 Å². The number of hydrogen-bond acceptors (Lipinski definition) is 5. The predicted octanol–water partition coefficient (Wildman–Crippen LogP) is 1.80. The SMILES string of the molecule is Cc1nnc2n1CC(C(=O)O)N(CC(=O)Nc1ccc(Cl)c(Cl)c1)C2. The van der Waals surface area contributed by atoms with Crippen LogP contribution in [0.1, 0.15) is 11.6 Å². The van der Waals surface area contributed by atoms with Gasteiger partial charge in [0.1, 0.15) is 17.7 Å². The molecule has 2 N–H and O–H groups in total. The van der Waals surface area contributed by atoms with E-state index < -0.39 is 12.0 Å². The number of amides is 1. The summed E-state index contributed by atoms with van der Waals surface area (Å²) in [7, 11) is 0. The highest BCUT2D eigenvalue weighted by Crippen LogP contribution is 2.25. The van der Waals surface area contributed by atoms with E-state index in [4.69, 9.17) is 23.2 Å². The van der Waals surface area contributed by atoms with Crippen molar-refractivity contribution in [1.29, 1.82) is 0 Å². The number of aryl methyl sites for hydroxylation is 1. The number of anilines is 1. The van der Waals surface area contributed by atoms with Gasteiger partial charge in [-0.1, -0.05) is 23.2 Å². The van der Waals surface area contributed by atoms with Crippen LogP contribution in [0.4, 0.5) is 5.69 Å². The van der Waals surface area contributed by atoms with Crippen LogP contribution in [-0.4, -0.2) is 49.2 Å². The molecule has 1 aromatic heterocycles. The number of carboxylic acid groups (broad SMARTS) is 1. The maximum atomic E-state index is 12.3. The average Bonchev–Trinajstić information content (AvgIpc) is 2.90. The van der Waals surface area contributed by atoms with Gasteiger partial charge in [0.15, 0.2) is 0 Å². The quantitative estimate of drug-likeness (QED) is 0.834. The van der Waals surface area contributed by atoms with Crippen molar-refractivity contribution in [2.75, 3.05) is 11.9 Å². The summed E-state index contributed by atoms with van der Waals surface area (Å²) in [6, 6.07) is 3.90. The Labute approximate surface area is 153 Å². The van der Waals surface area contributed by atoms with Crippen LogP contribution in [0.25, 0.3) is 0 Å². The van der Waals surface area contributed by atoms with Crippen molar-refractivity contribution in [2.24, 2.45) is 0 Å². The maximum Gasteiger partial charge on any atom is 0.322 e. The average molecular weight is 384 g/mol. The van der Waals surface area contributed by atoms with Gasteiger partial charge in [-0.25, -0.2) is 0 Å². The lowest BCUT2D eigenvalue weighted by atomic mass is 10.2. The molecule has 132 valence electrons. The zero-order valence-corrected chi connectivity index (χ0v) is 14.8. The van der Waals surface area contributed by atoms with E-state index in [-0.39, 0.29) is 25.5 Å². The van der Waals surface area contributed by atoms with Crippen LogP contribution in [0.15, 0.2) is 18.2 Å². The number of carboxylic acids is 1. The first-order valence-electron chi connectivity index (χ1n) is 7.45. The Morgan fingerprint density at radius 3 is 2.76 bits per heavy atom. The van der Waals surface area contributed by atoms with Gasteiger partial charge in [-0.15, -0.1) is 10.2 Å². The lowest BCUT2D eigenvalue weighted by Gasteiger charge is -2.32. The van der Waals surface area contributed by atoms with Crippen LogP contribution < -0.4 is 5.32 Å². The van der Waals surface area contributed by atoms with Crippen LogP contribution >= 0.6 is 23.2 Å². The molecule has 0 saturated heterocycles. The lowest BCUT2D eigenvalue weighted by Crippen LogP contribution is -2.50. The molecular formula is C15H15Cl2N5O3. The summed E-state index contributed by atoms with van der Waals surface area (Å²) in [5, 5.41) is 20.9. The minimum absolute atomic E-state index is 0.0941. The number of aromatic nitrogens is 3. The molecule has 8 nitrogen and oxygen atoms in total. The summed E-state index contributed by atoms with van der Waals surface area (Å²) in [4.78, 5) is 25.4. The van der Waals surface area contributed by atoms with Gasteiger partial charge in [-0.05, 0) is 25.1 Å². The highest BCUT2D eigenvalue weighted by Gasteiger charge is 2.34. The Balaban J connectivity index is 1.72. The molecule has 1 amide bonds. The fourth-order valence-corrected chi connectivity index (χ4v) is 3.02. The summed E-state index contributed by atoms with van der Waals surface area (Å²) < 4.78 is 1.76. The van der Waals surface area contributed by atoms with Gasteiger partial charge in [0.05, 0.1) is 29.7 Å².